The van der Waals surface area contributed by atoms with Crippen LogP contribution >= 0.6 is 11.6 Å². The van der Waals surface area contributed by atoms with Crippen molar-refractivity contribution in [3.63, 3.8) is 0 Å². The molecule has 0 atom stereocenters. The van der Waals surface area contributed by atoms with Gasteiger partial charge in [0, 0.05) is 18.1 Å². The Bertz CT molecular complexity index is 459. The Labute approximate surface area is 108 Å². The summed E-state index contributed by atoms with van der Waals surface area (Å²) in [5.41, 5.74) is 0.843. The molecule has 1 aromatic rings. The van der Waals surface area contributed by atoms with Gasteiger partial charge in [0.05, 0.1) is 5.75 Å². The van der Waals surface area contributed by atoms with Crippen LogP contribution in [-0.4, -0.2) is 25.0 Å². The average molecular weight is 276 g/mol. The van der Waals surface area contributed by atoms with Gasteiger partial charge in [-0.25, -0.2) is 8.42 Å². The lowest BCUT2D eigenvalue weighted by Crippen LogP contribution is -2.32. The van der Waals surface area contributed by atoms with Crippen LogP contribution in [0.15, 0.2) is 24.3 Å². The van der Waals surface area contributed by atoms with E-state index in [1.807, 2.05) is 32.0 Å². The topological polar surface area (TPSA) is 37.4 Å². The fourth-order valence-corrected chi connectivity index (χ4v) is 3.31. The molecule has 17 heavy (non-hydrogen) atoms. The van der Waals surface area contributed by atoms with Crippen LogP contribution in [0.4, 0.5) is 0 Å². The Hall–Kier alpha value is -0.580. The van der Waals surface area contributed by atoms with Gasteiger partial charge in [0.1, 0.15) is 0 Å². The molecule has 0 saturated carbocycles. The Morgan fingerprint density at radius 2 is 1.88 bits per heavy atom. The summed E-state index contributed by atoms with van der Waals surface area (Å²) in [6, 6.07) is 7.33. The third kappa shape index (κ3) is 3.98. The standard InChI is InChI=1S/C12H18ClNO2S/c1-3-9-17(15,16)14(4-2)10-11-7-5-6-8-12(11)13/h5-8H,3-4,9-10H2,1-2H3. The van der Waals surface area contributed by atoms with Crippen molar-refractivity contribution >= 4 is 21.6 Å². The normalized spacial score (nSPS) is 12.0. The highest BCUT2D eigenvalue weighted by Crippen LogP contribution is 2.18. The van der Waals surface area contributed by atoms with E-state index in [9.17, 15) is 8.42 Å². The molecule has 1 aromatic carbocycles. The number of hydrogen-bond acceptors (Lipinski definition) is 2. The Kier molecular flexibility index (Phi) is 5.43. The third-order valence-corrected chi connectivity index (χ3v) is 4.98. The maximum atomic E-state index is 12.0. The molecule has 0 radical (unpaired) electrons. The lowest BCUT2D eigenvalue weighted by atomic mass is 10.2. The molecule has 0 fully saturated rings. The largest absolute Gasteiger partial charge is 0.214 e. The second-order valence-corrected chi connectivity index (χ2v) is 6.33. The van der Waals surface area contributed by atoms with Gasteiger partial charge in [-0.1, -0.05) is 43.6 Å². The molecule has 0 aliphatic heterocycles. The molecule has 0 spiro atoms. The molecule has 1 rings (SSSR count). The van der Waals surface area contributed by atoms with Crippen LogP contribution in [0.3, 0.4) is 0 Å². The first-order chi connectivity index (χ1) is 8.01. The highest BCUT2D eigenvalue weighted by Gasteiger charge is 2.20. The first-order valence-electron chi connectivity index (χ1n) is 5.72. The quantitative estimate of drug-likeness (QED) is 0.801. The SMILES string of the molecule is CCCS(=O)(=O)N(CC)Cc1ccccc1Cl. The van der Waals surface area contributed by atoms with E-state index in [1.54, 1.807) is 6.07 Å². The average Bonchev–Trinajstić information content (AvgIpc) is 2.27. The van der Waals surface area contributed by atoms with E-state index >= 15 is 0 Å². The summed E-state index contributed by atoms with van der Waals surface area (Å²) >= 11 is 6.03. The molecule has 5 heteroatoms. The minimum absolute atomic E-state index is 0.186. The van der Waals surface area contributed by atoms with E-state index in [2.05, 4.69) is 0 Å². The molecule has 0 heterocycles. The fourth-order valence-electron chi connectivity index (χ4n) is 1.61. The van der Waals surface area contributed by atoms with Gasteiger partial charge in [-0.3, -0.25) is 0 Å². The minimum atomic E-state index is -3.16. The second-order valence-electron chi connectivity index (χ2n) is 3.83. The maximum absolute atomic E-state index is 12.0. The molecule has 0 amide bonds. The molecule has 0 N–H and O–H groups in total. The molecule has 3 nitrogen and oxygen atoms in total. The molecule has 0 aromatic heterocycles. The number of benzene rings is 1. The Balaban J connectivity index is 2.88. The minimum Gasteiger partial charge on any atom is -0.212 e. The first kappa shape index (κ1) is 14.5. The van der Waals surface area contributed by atoms with Crippen molar-refractivity contribution in [2.24, 2.45) is 0 Å². The van der Waals surface area contributed by atoms with Gasteiger partial charge in [-0.2, -0.15) is 4.31 Å². The summed E-state index contributed by atoms with van der Waals surface area (Å²) in [6.45, 7) is 4.51. The summed E-state index contributed by atoms with van der Waals surface area (Å²) in [5.74, 6) is 0.186. The van der Waals surface area contributed by atoms with E-state index in [0.29, 0.717) is 24.5 Å². The van der Waals surface area contributed by atoms with Gasteiger partial charge in [0.15, 0.2) is 0 Å². The van der Waals surface area contributed by atoms with E-state index in [-0.39, 0.29) is 5.75 Å². The smallest absolute Gasteiger partial charge is 0.212 e. The molecule has 0 aliphatic rings. The molecule has 0 aliphatic carbocycles. The summed E-state index contributed by atoms with van der Waals surface area (Å²) in [5, 5.41) is 0.609. The zero-order valence-electron chi connectivity index (χ0n) is 10.2. The zero-order valence-corrected chi connectivity index (χ0v) is 11.8. The van der Waals surface area contributed by atoms with Crippen molar-refractivity contribution in [1.82, 2.24) is 4.31 Å². The van der Waals surface area contributed by atoms with Gasteiger partial charge in [0.25, 0.3) is 0 Å². The predicted molar refractivity (Wildman–Crippen MR) is 71.6 cm³/mol. The molecule has 0 bridgehead atoms. The van der Waals surface area contributed by atoms with E-state index in [0.717, 1.165) is 5.56 Å². The molecule has 0 unspecified atom stereocenters. The van der Waals surface area contributed by atoms with Crippen LogP contribution in [0.1, 0.15) is 25.8 Å². The van der Waals surface area contributed by atoms with Crippen LogP contribution in [-0.2, 0) is 16.6 Å². The first-order valence-corrected chi connectivity index (χ1v) is 7.71. The van der Waals surface area contributed by atoms with E-state index < -0.39 is 10.0 Å². The lowest BCUT2D eigenvalue weighted by Gasteiger charge is -2.20. The maximum Gasteiger partial charge on any atom is 0.214 e. The van der Waals surface area contributed by atoms with Gasteiger partial charge in [-0.05, 0) is 18.1 Å². The van der Waals surface area contributed by atoms with Crippen molar-refractivity contribution < 1.29 is 8.42 Å². The molecule has 0 saturated heterocycles. The van der Waals surface area contributed by atoms with Crippen molar-refractivity contribution in [1.29, 1.82) is 0 Å². The van der Waals surface area contributed by atoms with Gasteiger partial charge >= 0.3 is 0 Å². The monoisotopic (exact) mass is 275 g/mol. The molecular weight excluding hydrogens is 258 g/mol. The van der Waals surface area contributed by atoms with Gasteiger partial charge in [-0.15, -0.1) is 0 Å². The summed E-state index contributed by atoms with van der Waals surface area (Å²) in [6.07, 6.45) is 0.626. The predicted octanol–water partition coefficient (Wildman–Crippen LogP) is 2.90. The summed E-state index contributed by atoms with van der Waals surface area (Å²) in [7, 11) is -3.16. The third-order valence-electron chi connectivity index (χ3n) is 2.51. The summed E-state index contributed by atoms with van der Waals surface area (Å²) < 4.78 is 25.4. The van der Waals surface area contributed by atoms with Crippen LogP contribution < -0.4 is 0 Å². The second kappa shape index (κ2) is 6.38. The van der Waals surface area contributed by atoms with Crippen molar-refractivity contribution in [3.8, 4) is 0 Å². The highest BCUT2D eigenvalue weighted by molar-refractivity contribution is 7.89. The number of nitrogens with zero attached hydrogens (tertiary/aromatic N) is 1. The van der Waals surface area contributed by atoms with Crippen LogP contribution in [0.25, 0.3) is 0 Å². The number of hydrogen-bond donors (Lipinski definition) is 0. The van der Waals surface area contributed by atoms with Crippen LogP contribution in [0.5, 0.6) is 0 Å². The molecular formula is C12H18ClNO2S. The number of rotatable bonds is 6. The lowest BCUT2D eigenvalue weighted by molar-refractivity contribution is 0.423. The highest BCUT2D eigenvalue weighted by atomic mass is 35.5. The number of sulfonamides is 1. The van der Waals surface area contributed by atoms with Crippen LogP contribution in [0.2, 0.25) is 5.02 Å². The fraction of sp³-hybridized carbons (Fsp3) is 0.500. The number of halogens is 1. The van der Waals surface area contributed by atoms with Crippen LogP contribution in [0, 0.1) is 0 Å². The van der Waals surface area contributed by atoms with E-state index in [4.69, 9.17) is 11.6 Å². The van der Waals surface area contributed by atoms with E-state index in [1.165, 1.54) is 4.31 Å². The zero-order chi connectivity index (χ0) is 12.9. The Morgan fingerprint density at radius 3 is 2.41 bits per heavy atom. The molecule has 96 valence electrons. The van der Waals surface area contributed by atoms with Crippen molar-refractivity contribution in [2.45, 2.75) is 26.8 Å². The van der Waals surface area contributed by atoms with Gasteiger partial charge in [0.2, 0.25) is 10.0 Å². The Morgan fingerprint density at radius 1 is 1.24 bits per heavy atom. The van der Waals surface area contributed by atoms with Gasteiger partial charge < -0.3 is 0 Å². The van der Waals surface area contributed by atoms with Crippen molar-refractivity contribution in [3.05, 3.63) is 34.9 Å². The van der Waals surface area contributed by atoms with Crippen molar-refractivity contribution in [2.75, 3.05) is 12.3 Å². The summed E-state index contributed by atoms with van der Waals surface area (Å²) in [4.78, 5) is 0.